The van der Waals surface area contributed by atoms with Gasteiger partial charge in [-0.2, -0.15) is 0 Å². The van der Waals surface area contributed by atoms with Crippen LogP contribution in [0.4, 0.5) is 5.69 Å². The van der Waals surface area contributed by atoms with E-state index in [0.717, 1.165) is 36.4 Å². The number of carbonyl (C=O) groups is 2. The molecule has 0 unspecified atom stereocenters. The van der Waals surface area contributed by atoms with Gasteiger partial charge in [0.05, 0.1) is 12.3 Å². The van der Waals surface area contributed by atoms with Gasteiger partial charge in [0.15, 0.2) is 0 Å². The molecule has 1 aromatic carbocycles. The van der Waals surface area contributed by atoms with Crippen molar-refractivity contribution in [3.05, 3.63) is 23.8 Å². The molecule has 2 amide bonds. The normalized spacial score (nSPS) is 18.2. The zero-order valence-electron chi connectivity index (χ0n) is 17.2. The van der Waals surface area contributed by atoms with E-state index in [4.69, 9.17) is 4.74 Å². The molecule has 1 N–H and O–H groups in total. The van der Waals surface area contributed by atoms with Crippen LogP contribution in [-0.4, -0.2) is 54.3 Å². The summed E-state index contributed by atoms with van der Waals surface area (Å²) in [7, 11) is 1.93. The summed E-state index contributed by atoms with van der Waals surface area (Å²) in [6.45, 7) is 2.54. The van der Waals surface area contributed by atoms with E-state index in [1.54, 1.807) is 0 Å². The van der Waals surface area contributed by atoms with Gasteiger partial charge in [-0.15, -0.1) is 0 Å². The monoisotopic (exact) mass is 398 g/mol. The van der Waals surface area contributed by atoms with Crippen LogP contribution in [-0.2, 0) is 16.1 Å². The molecule has 4 rings (SSSR count). The van der Waals surface area contributed by atoms with Crippen molar-refractivity contribution in [3.8, 4) is 5.75 Å². The molecule has 1 saturated heterocycles. The van der Waals surface area contributed by atoms with Crippen LogP contribution in [0.2, 0.25) is 0 Å². The highest BCUT2D eigenvalue weighted by atomic mass is 16.5. The van der Waals surface area contributed by atoms with Crippen molar-refractivity contribution in [3.63, 3.8) is 0 Å². The minimum absolute atomic E-state index is 0.0172. The molecule has 156 valence electrons. The Morgan fingerprint density at radius 1 is 1.28 bits per heavy atom. The highest BCUT2D eigenvalue weighted by Crippen LogP contribution is 2.31. The van der Waals surface area contributed by atoms with Gasteiger partial charge in [-0.1, -0.05) is 18.9 Å². The predicted octanol–water partition coefficient (Wildman–Crippen LogP) is 2.82. The van der Waals surface area contributed by atoms with Crippen molar-refractivity contribution in [1.82, 2.24) is 15.1 Å². The highest BCUT2D eigenvalue weighted by molar-refractivity contribution is 6.05. The molecular formula is C22H30N4O3. The van der Waals surface area contributed by atoms with Gasteiger partial charge >= 0.3 is 0 Å². The number of benzene rings is 1. The summed E-state index contributed by atoms with van der Waals surface area (Å²) < 4.78 is 5.86. The molecule has 29 heavy (non-hydrogen) atoms. The maximum absolute atomic E-state index is 12.3. The second-order valence-electron chi connectivity index (χ2n) is 8.36. The summed E-state index contributed by atoms with van der Waals surface area (Å²) in [6.07, 6.45) is 7.42. The predicted molar refractivity (Wildman–Crippen MR) is 111 cm³/mol. The van der Waals surface area contributed by atoms with Gasteiger partial charge in [0.1, 0.15) is 12.3 Å². The fourth-order valence-corrected chi connectivity index (χ4v) is 4.35. The topological polar surface area (TPSA) is 74.2 Å². The number of fused-ring (bicyclic) bond motifs is 2. The Morgan fingerprint density at radius 2 is 2.10 bits per heavy atom. The standard InChI is InChI=1S/C22H30N4O3/c1-25(13-16-6-2-3-7-16)21(28)8-4-5-11-29-18-10-9-17-14-26-15-20(27)24-22(26)23-19(17)12-18/h9-10,12,16H,2-8,11,13-15H2,1H3,(H,23,24,27). The van der Waals surface area contributed by atoms with Crippen LogP contribution in [0.25, 0.3) is 0 Å². The first-order chi connectivity index (χ1) is 14.1. The lowest BCUT2D eigenvalue weighted by Gasteiger charge is -2.23. The summed E-state index contributed by atoms with van der Waals surface area (Å²) in [4.78, 5) is 32.2. The zero-order chi connectivity index (χ0) is 20.2. The van der Waals surface area contributed by atoms with Gasteiger partial charge in [0.2, 0.25) is 17.8 Å². The number of aliphatic imine (C=N–C) groups is 1. The average Bonchev–Trinajstić information content (AvgIpc) is 3.33. The summed E-state index contributed by atoms with van der Waals surface area (Å²) in [5, 5.41) is 2.78. The Balaban J connectivity index is 1.18. The first-order valence-electron chi connectivity index (χ1n) is 10.7. The number of guanidine groups is 1. The van der Waals surface area contributed by atoms with E-state index in [9.17, 15) is 9.59 Å². The summed E-state index contributed by atoms with van der Waals surface area (Å²) >= 11 is 0. The molecule has 0 radical (unpaired) electrons. The maximum Gasteiger partial charge on any atom is 0.246 e. The van der Waals surface area contributed by atoms with Crippen LogP contribution >= 0.6 is 0 Å². The van der Waals surface area contributed by atoms with E-state index in [2.05, 4.69) is 10.3 Å². The van der Waals surface area contributed by atoms with Crippen LogP contribution < -0.4 is 10.1 Å². The Bertz CT molecular complexity index is 801. The molecule has 0 aromatic heterocycles. The van der Waals surface area contributed by atoms with Crippen molar-refractivity contribution < 1.29 is 14.3 Å². The summed E-state index contributed by atoms with van der Waals surface area (Å²) in [6, 6.07) is 5.88. The summed E-state index contributed by atoms with van der Waals surface area (Å²) in [5.74, 6) is 2.32. The molecule has 1 aliphatic carbocycles. The first kappa shape index (κ1) is 19.7. The van der Waals surface area contributed by atoms with Crippen molar-refractivity contribution in [2.75, 3.05) is 26.7 Å². The molecular weight excluding hydrogens is 368 g/mol. The van der Waals surface area contributed by atoms with Crippen LogP contribution in [0.15, 0.2) is 23.2 Å². The van der Waals surface area contributed by atoms with E-state index in [1.807, 2.05) is 35.0 Å². The van der Waals surface area contributed by atoms with Crippen LogP contribution in [0.1, 0.15) is 50.5 Å². The van der Waals surface area contributed by atoms with Gasteiger partial charge in [-0.3, -0.25) is 14.9 Å². The zero-order valence-corrected chi connectivity index (χ0v) is 17.2. The van der Waals surface area contributed by atoms with Crippen molar-refractivity contribution in [2.24, 2.45) is 10.9 Å². The van der Waals surface area contributed by atoms with E-state index in [-0.39, 0.29) is 11.8 Å². The molecule has 3 aliphatic rings. The average molecular weight is 399 g/mol. The van der Waals surface area contributed by atoms with Gasteiger partial charge in [0.25, 0.3) is 0 Å². The number of unbranched alkanes of at least 4 members (excludes halogenated alkanes) is 1. The number of ether oxygens (including phenoxy) is 1. The molecule has 1 aromatic rings. The van der Waals surface area contributed by atoms with Crippen molar-refractivity contribution in [2.45, 2.75) is 51.5 Å². The van der Waals surface area contributed by atoms with Gasteiger partial charge in [-0.25, -0.2) is 4.99 Å². The number of amides is 2. The lowest BCUT2D eigenvalue weighted by molar-refractivity contribution is -0.130. The van der Waals surface area contributed by atoms with Gasteiger partial charge < -0.3 is 14.5 Å². The summed E-state index contributed by atoms with van der Waals surface area (Å²) in [5.41, 5.74) is 1.94. The molecule has 0 atom stereocenters. The minimum Gasteiger partial charge on any atom is -0.494 e. The van der Waals surface area contributed by atoms with Crippen molar-refractivity contribution >= 4 is 23.5 Å². The second-order valence-corrected chi connectivity index (χ2v) is 8.36. The van der Waals surface area contributed by atoms with Crippen LogP contribution in [0.5, 0.6) is 5.75 Å². The molecule has 7 nitrogen and oxygen atoms in total. The number of hydrogen-bond acceptors (Lipinski definition) is 5. The fraction of sp³-hybridized carbons (Fsp3) is 0.591. The van der Waals surface area contributed by atoms with Gasteiger partial charge in [-0.05, 0) is 43.2 Å². The number of rotatable bonds is 8. The Kier molecular flexibility index (Phi) is 6.02. The van der Waals surface area contributed by atoms with Gasteiger partial charge in [0, 0.05) is 32.6 Å². The quantitative estimate of drug-likeness (QED) is 0.684. The SMILES string of the molecule is CN(CC1CCCC1)C(=O)CCCCOc1ccc2c(c1)N=C1NC(=O)CN1C2. The van der Waals surface area contributed by atoms with Crippen LogP contribution in [0.3, 0.4) is 0 Å². The largest absolute Gasteiger partial charge is 0.494 e. The molecule has 0 spiro atoms. The smallest absolute Gasteiger partial charge is 0.246 e. The molecule has 2 aliphatic heterocycles. The Morgan fingerprint density at radius 3 is 2.93 bits per heavy atom. The highest BCUT2D eigenvalue weighted by Gasteiger charge is 2.29. The van der Waals surface area contributed by atoms with E-state index in [0.29, 0.717) is 38.0 Å². The number of nitrogens with zero attached hydrogens (tertiary/aromatic N) is 3. The second kappa shape index (κ2) is 8.84. The number of carbonyl (C=O) groups excluding carboxylic acids is 2. The molecule has 7 heteroatoms. The maximum atomic E-state index is 12.3. The number of hydrogen-bond donors (Lipinski definition) is 1. The third-order valence-corrected chi connectivity index (χ3v) is 6.02. The minimum atomic E-state index is -0.0172. The lowest BCUT2D eigenvalue weighted by Crippen LogP contribution is -2.31. The molecule has 1 saturated carbocycles. The first-order valence-corrected chi connectivity index (χ1v) is 10.7. The van der Waals surface area contributed by atoms with Crippen LogP contribution in [0, 0.1) is 5.92 Å². The lowest BCUT2D eigenvalue weighted by atomic mass is 10.1. The molecule has 2 fully saturated rings. The third-order valence-electron chi connectivity index (χ3n) is 6.02. The Labute approximate surface area is 172 Å². The molecule has 0 bridgehead atoms. The van der Waals surface area contributed by atoms with Crippen molar-refractivity contribution in [1.29, 1.82) is 0 Å². The van der Waals surface area contributed by atoms with E-state index < -0.39 is 0 Å². The van der Waals surface area contributed by atoms with E-state index >= 15 is 0 Å². The third kappa shape index (κ3) is 4.89. The van der Waals surface area contributed by atoms with E-state index in [1.165, 1.54) is 25.7 Å². The Hall–Kier alpha value is -2.57. The fourth-order valence-electron chi connectivity index (χ4n) is 4.35. The molecule has 2 heterocycles. The number of nitrogens with one attached hydrogen (secondary N) is 1.